The van der Waals surface area contributed by atoms with Gasteiger partial charge in [0.25, 0.3) is 6.43 Å². The molecule has 0 fully saturated rings. The average Bonchev–Trinajstić information content (AvgIpc) is 2.19. The van der Waals surface area contributed by atoms with E-state index in [1.807, 2.05) is 6.07 Å². The Morgan fingerprint density at radius 3 is 2.73 bits per heavy atom. The highest BCUT2D eigenvalue weighted by Crippen LogP contribution is 2.26. The molecule has 0 radical (unpaired) electrons. The number of pyridine rings is 1. The summed E-state index contributed by atoms with van der Waals surface area (Å²) in [6, 6.07) is 3.38. The Kier molecular flexibility index (Phi) is 4.12. The highest BCUT2D eigenvalue weighted by Gasteiger charge is 2.18. The van der Waals surface area contributed by atoms with Crippen molar-refractivity contribution in [2.24, 2.45) is 5.73 Å². The van der Waals surface area contributed by atoms with Crippen molar-refractivity contribution in [3.8, 4) is 6.07 Å². The van der Waals surface area contributed by atoms with Crippen molar-refractivity contribution in [3.63, 3.8) is 0 Å². The number of rotatable bonds is 3. The molecule has 1 rings (SSSR count). The molecule has 6 heteroatoms. The number of hydrogen-bond donors (Lipinski definition) is 1. The summed E-state index contributed by atoms with van der Waals surface area (Å²) < 4.78 is 25.5. The minimum Gasteiger partial charge on any atom is -0.326 e. The van der Waals surface area contributed by atoms with E-state index in [-0.39, 0.29) is 24.2 Å². The van der Waals surface area contributed by atoms with Gasteiger partial charge < -0.3 is 5.73 Å². The molecule has 2 N–H and O–H groups in total. The van der Waals surface area contributed by atoms with E-state index < -0.39 is 6.43 Å². The molecule has 0 bridgehead atoms. The average molecular weight is 276 g/mol. The second-order valence-corrected chi connectivity index (χ2v) is 3.62. The van der Waals surface area contributed by atoms with Gasteiger partial charge in [0, 0.05) is 6.54 Å². The van der Waals surface area contributed by atoms with Crippen molar-refractivity contribution < 1.29 is 8.78 Å². The number of hydrogen-bond acceptors (Lipinski definition) is 3. The molecule has 0 aromatic carbocycles. The topological polar surface area (TPSA) is 62.7 Å². The van der Waals surface area contributed by atoms with Crippen LogP contribution in [0.1, 0.15) is 23.2 Å². The fourth-order valence-corrected chi connectivity index (χ4v) is 1.72. The van der Waals surface area contributed by atoms with E-state index in [9.17, 15) is 8.78 Å². The van der Waals surface area contributed by atoms with Gasteiger partial charge in [0.15, 0.2) is 0 Å². The molecular weight excluding hydrogens is 268 g/mol. The van der Waals surface area contributed by atoms with Gasteiger partial charge >= 0.3 is 0 Å². The van der Waals surface area contributed by atoms with Gasteiger partial charge in [-0.15, -0.1) is 0 Å². The van der Waals surface area contributed by atoms with Crippen molar-refractivity contribution in [3.05, 3.63) is 27.5 Å². The number of nitrogens with two attached hydrogens (primary N) is 1. The Morgan fingerprint density at radius 1 is 1.60 bits per heavy atom. The fourth-order valence-electron chi connectivity index (χ4n) is 1.26. The Labute approximate surface area is 94.0 Å². The molecule has 0 amide bonds. The van der Waals surface area contributed by atoms with Crippen LogP contribution in [-0.4, -0.2) is 4.98 Å². The highest BCUT2D eigenvalue weighted by molar-refractivity contribution is 9.10. The lowest BCUT2D eigenvalue weighted by molar-refractivity contribution is 0.144. The summed E-state index contributed by atoms with van der Waals surface area (Å²) in [6.45, 7) is 0.109. The van der Waals surface area contributed by atoms with Crippen LogP contribution >= 0.6 is 15.9 Å². The minimum atomic E-state index is -2.70. The number of aromatic nitrogens is 1. The van der Waals surface area contributed by atoms with Gasteiger partial charge in [0.2, 0.25) is 0 Å². The number of nitriles is 1. The predicted octanol–water partition coefficient (Wildman–Crippen LogP) is 2.31. The lowest BCUT2D eigenvalue weighted by Gasteiger charge is -2.10. The highest BCUT2D eigenvalue weighted by atomic mass is 79.9. The zero-order chi connectivity index (χ0) is 11.4. The summed E-state index contributed by atoms with van der Waals surface area (Å²) in [5.41, 5.74) is 5.80. The fraction of sp³-hybridized carbons (Fsp3) is 0.333. The molecule has 0 aliphatic rings. The van der Waals surface area contributed by atoms with Crippen LogP contribution in [0.2, 0.25) is 0 Å². The summed E-state index contributed by atoms with van der Waals surface area (Å²) in [6.07, 6.45) is -2.80. The maximum absolute atomic E-state index is 12.6. The second kappa shape index (κ2) is 5.14. The van der Waals surface area contributed by atoms with E-state index >= 15 is 0 Å². The lowest BCUT2D eigenvalue weighted by Crippen LogP contribution is -2.07. The van der Waals surface area contributed by atoms with Gasteiger partial charge in [-0.05, 0) is 33.1 Å². The van der Waals surface area contributed by atoms with E-state index in [2.05, 4.69) is 20.9 Å². The summed E-state index contributed by atoms with van der Waals surface area (Å²) >= 11 is 3.02. The van der Waals surface area contributed by atoms with Crippen LogP contribution in [0.15, 0.2) is 10.7 Å². The first-order valence-electron chi connectivity index (χ1n) is 4.13. The van der Waals surface area contributed by atoms with Crippen LogP contribution in [0.3, 0.4) is 0 Å². The molecule has 0 unspecified atom stereocenters. The quantitative estimate of drug-likeness (QED) is 0.861. The molecule has 0 atom stereocenters. The van der Waals surface area contributed by atoms with Gasteiger partial charge in [0.1, 0.15) is 10.3 Å². The second-order valence-electron chi connectivity index (χ2n) is 2.81. The molecular formula is C9H8BrF2N3. The third-order valence-electron chi connectivity index (χ3n) is 1.90. The van der Waals surface area contributed by atoms with Crippen LogP contribution < -0.4 is 5.73 Å². The van der Waals surface area contributed by atoms with Crippen molar-refractivity contribution in [2.75, 3.05) is 0 Å². The first-order chi connectivity index (χ1) is 7.10. The molecule has 80 valence electrons. The smallest absolute Gasteiger partial charge is 0.280 e. The molecule has 0 aliphatic heterocycles. The Balaban J connectivity index is 3.34. The van der Waals surface area contributed by atoms with Gasteiger partial charge in [-0.1, -0.05) is 0 Å². The monoisotopic (exact) mass is 275 g/mol. The third-order valence-corrected chi connectivity index (χ3v) is 2.31. The van der Waals surface area contributed by atoms with Gasteiger partial charge in [-0.25, -0.2) is 13.8 Å². The molecule has 1 heterocycles. The van der Waals surface area contributed by atoms with E-state index in [1.54, 1.807) is 6.07 Å². The first-order valence-corrected chi connectivity index (χ1v) is 4.92. The molecule has 0 saturated heterocycles. The molecule has 0 saturated carbocycles. The summed E-state index contributed by atoms with van der Waals surface area (Å²) in [4.78, 5) is 3.66. The zero-order valence-corrected chi connectivity index (χ0v) is 9.26. The summed E-state index contributed by atoms with van der Waals surface area (Å²) in [5, 5.41) is 8.54. The Hall–Kier alpha value is -1.06. The van der Waals surface area contributed by atoms with Crippen LogP contribution in [-0.2, 0) is 13.0 Å². The molecule has 1 aromatic rings. The van der Waals surface area contributed by atoms with Crippen LogP contribution in [0.25, 0.3) is 0 Å². The maximum atomic E-state index is 12.6. The number of halogens is 3. The molecule has 1 aromatic heterocycles. The van der Waals surface area contributed by atoms with Crippen LogP contribution in [0.5, 0.6) is 0 Å². The van der Waals surface area contributed by atoms with E-state index in [0.717, 1.165) is 0 Å². The van der Waals surface area contributed by atoms with E-state index in [1.165, 1.54) is 0 Å². The van der Waals surface area contributed by atoms with E-state index in [0.29, 0.717) is 10.2 Å². The normalized spacial score (nSPS) is 10.4. The summed E-state index contributed by atoms with van der Waals surface area (Å²) in [7, 11) is 0. The Bertz CT molecular complexity index is 401. The van der Waals surface area contributed by atoms with Crippen LogP contribution in [0.4, 0.5) is 8.78 Å². The van der Waals surface area contributed by atoms with Gasteiger partial charge in [-0.2, -0.15) is 5.26 Å². The maximum Gasteiger partial charge on any atom is 0.280 e. The zero-order valence-electron chi connectivity index (χ0n) is 7.67. The van der Waals surface area contributed by atoms with Crippen molar-refractivity contribution in [2.45, 2.75) is 19.4 Å². The van der Waals surface area contributed by atoms with E-state index in [4.69, 9.17) is 11.0 Å². The van der Waals surface area contributed by atoms with Crippen molar-refractivity contribution in [1.82, 2.24) is 4.98 Å². The van der Waals surface area contributed by atoms with Gasteiger partial charge in [-0.3, -0.25) is 0 Å². The SMILES string of the molecule is N#CCc1c(CN)cc(Br)nc1C(F)F. The molecule has 0 spiro atoms. The summed E-state index contributed by atoms with van der Waals surface area (Å²) in [5.74, 6) is 0. The van der Waals surface area contributed by atoms with Crippen LogP contribution in [0, 0.1) is 11.3 Å². The largest absolute Gasteiger partial charge is 0.326 e. The van der Waals surface area contributed by atoms with Gasteiger partial charge in [0.05, 0.1) is 12.5 Å². The van der Waals surface area contributed by atoms with Crippen molar-refractivity contribution >= 4 is 15.9 Å². The third kappa shape index (κ3) is 2.70. The number of nitrogens with zero attached hydrogens (tertiary/aromatic N) is 2. The van der Waals surface area contributed by atoms with Crippen molar-refractivity contribution in [1.29, 1.82) is 5.26 Å². The molecule has 0 aliphatic carbocycles. The molecule has 15 heavy (non-hydrogen) atoms. The minimum absolute atomic E-state index is 0.105. The first kappa shape index (κ1) is 12.0. The predicted molar refractivity (Wildman–Crippen MR) is 54.1 cm³/mol. The molecule has 3 nitrogen and oxygen atoms in total. The Morgan fingerprint density at radius 2 is 2.27 bits per heavy atom. The standard InChI is InChI=1S/C9H8BrF2N3/c10-7-3-5(4-14)6(1-2-13)8(15-7)9(11)12/h3,9H,1,4,14H2. The lowest BCUT2D eigenvalue weighted by atomic mass is 10.0. The number of alkyl halides is 2.